The number of alkyl halides is 2. The van der Waals surface area contributed by atoms with E-state index in [4.69, 9.17) is 4.42 Å². The number of halogens is 2. The normalized spacial score (nSPS) is 11.1. The highest BCUT2D eigenvalue weighted by Crippen LogP contribution is 2.15. The molecule has 0 saturated heterocycles. The average molecular weight is 264 g/mol. The van der Waals surface area contributed by atoms with Crippen molar-refractivity contribution in [2.24, 2.45) is 0 Å². The van der Waals surface area contributed by atoms with E-state index in [9.17, 15) is 13.6 Å². The number of carbonyl (C=O) groups excluding carboxylic acids is 1. The third-order valence-electron chi connectivity index (χ3n) is 2.33. The van der Waals surface area contributed by atoms with E-state index in [1.807, 2.05) is 0 Å². The molecular weight excluding hydrogens is 254 g/mol. The van der Waals surface area contributed by atoms with Crippen molar-refractivity contribution in [1.82, 2.24) is 0 Å². The summed E-state index contributed by atoms with van der Waals surface area (Å²) in [4.78, 5) is 11.8. The number of benzene rings is 1. The van der Waals surface area contributed by atoms with Crippen LogP contribution in [0.2, 0.25) is 0 Å². The largest absolute Gasteiger partial charge is 0.472 e. The molecule has 0 saturated carbocycles. The topological polar surface area (TPSA) is 39.4 Å². The molecule has 0 aliphatic rings. The van der Waals surface area contributed by atoms with E-state index >= 15 is 0 Å². The molecule has 0 spiro atoms. The summed E-state index contributed by atoms with van der Waals surface area (Å²) in [6.45, 7) is -2.87. The SMILES string of the molecule is O=C(/C=C\c1ccoc1)c1ccc(OC(F)F)cc1. The Labute approximate surface area is 108 Å². The standard InChI is InChI=1S/C14H10F2O3/c15-14(16)19-12-4-2-11(3-5-12)13(17)6-1-10-7-8-18-9-10/h1-9,14H/b6-1-. The number of allylic oxidation sites excluding steroid dienone is 1. The first-order chi connectivity index (χ1) is 9.15. The van der Waals surface area contributed by atoms with Crippen molar-refractivity contribution in [2.75, 3.05) is 0 Å². The van der Waals surface area contributed by atoms with E-state index in [2.05, 4.69) is 4.74 Å². The third kappa shape index (κ3) is 3.77. The van der Waals surface area contributed by atoms with Gasteiger partial charge in [-0.15, -0.1) is 0 Å². The Kier molecular flexibility index (Phi) is 4.07. The molecule has 0 bridgehead atoms. The molecule has 0 aliphatic carbocycles. The van der Waals surface area contributed by atoms with Crippen LogP contribution in [0.15, 0.2) is 53.4 Å². The van der Waals surface area contributed by atoms with Gasteiger partial charge in [0, 0.05) is 11.1 Å². The maximum absolute atomic E-state index is 11.9. The smallest absolute Gasteiger partial charge is 0.387 e. The number of carbonyl (C=O) groups is 1. The molecule has 0 unspecified atom stereocenters. The third-order valence-corrected chi connectivity index (χ3v) is 2.33. The Morgan fingerprint density at radius 1 is 1.21 bits per heavy atom. The summed E-state index contributed by atoms with van der Waals surface area (Å²) < 4.78 is 32.9. The van der Waals surface area contributed by atoms with Crippen molar-refractivity contribution >= 4 is 11.9 Å². The highest BCUT2D eigenvalue weighted by atomic mass is 19.3. The van der Waals surface area contributed by atoms with Gasteiger partial charge in [0.1, 0.15) is 5.75 Å². The van der Waals surface area contributed by atoms with Gasteiger partial charge >= 0.3 is 6.61 Å². The monoisotopic (exact) mass is 264 g/mol. The zero-order chi connectivity index (χ0) is 13.7. The van der Waals surface area contributed by atoms with Gasteiger partial charge in [-0.05, 0) is 42.5 Å². The lowest BCUT2D eigenvalue weighted by atomic mass is 10.1. The highest BCUT2D eigenvalue weighted by molar-refractivity contribution is 6.06. The lowest BCUT2D eigenvalue weighted by molar-refractivity contribution is -0.0498. The van der Waals surface area contributed by atoms with Gasteiger partial charge in [-0.2, -0.15) is 8.78 Å². The molecule has 0 radical (unpaired) electrons. The molecule has 2 rings (SSSR count). The zero-order valence-corrected chi connectivity index (χ0v) is 9.75. The van der Waals surface area contributed by atoms with Gasteiger partial charge in [0.25, 0.3) is 0 Å². The maximum Gasteiger partial charge on any atom is 0.387 e. The predicted octanol–water partition coefficient (Wildman–Crippen LogP) is 3.78. The Bertz CT molecular complexity index is 557. The van der Waals surface area contributed by atoms with Crippen molar-refractivity contribution in [3.05, 3.63) is 60.1 Å². The van der Waals surface area contributed by atoms with Crippen LogP contribution in [0.25, 0.3) is 6.08 Å². The summed E-state index contributed by atoms with van der Waals surface area (Å²) >= 11 is 0. The molecule has 1 aromatic heterocycles. The molecule has 19 heavy (non-hydrogen) atoms. The summed E-state index contributed by atoms with van der Waals surface area (Å²) in [7, 11) is 0. The molecule has 0 amide bonds. The first-order valence-electron chi connectivity index (χ1n) is 5.44. The molecule has 1 heterocycles. The van der Waals surface area contributed by atoms with Crippen molar-refractivity contribution in [3.63, 3.8) is 0 Å². The van der Waals surface area contributed by atoms with E-state index in [0.29, 0.717) is 5.56 Å². The van der Waals surface area contributed by atoms with Crippen molar-refractivity contribution < 1.29 is 22.7 Å². The zero-order valence-electron chi connectivity index (χ0n) is 9.75. The molecule has 0 N–H and O–H groups in total. The van der Waals surface area contributed by atoms with Crippen LogP contribution in [0.1, 0.15) is 15.9 Å². The molecule has 3 nitrogen and oxygen atoms in total. The minimum atomic E-state index is -2.87. The molecule has 0 fully saturated rings. The van der Waals surface area contributed by atoms with Crippen LogP contribution < -0.4 is 4.74 Å². The van der Waals surface area contributed by atoms with Crippen molar-refractivity contribution in [3.8, 4) is 5.75 Å². The van der Waals surface area contributed by atoms with E-state index in [1.54, 1.807) is 12.1 Å². The van der Waals surface area contributed by atoms with Gasteiger partial charge in [-0.1, -0.05) is 0 Å². The quantitative estimate of drug-likeness (QED) is 0.609. The van der Waals surface area contributed by atoms with Gasteiger partial charge in [0.2, 0.25) is 0 Å². The summed E-state index contributed by atoms with van der Waals surface area (Å²) in [5, 5.41) is 0. The number of hydrogen-bond acceptors (Lipinski definition) is 3. The van der Waals surface area contributed by atoms with Gasteiger partial charge in [0.15, 0.2) is 5.78 Å². The Balaban J connectivity index is 2.03. The molecule has 2 aromatic rings. The molecule has 1 aromatic carbocycles. The highest BCUT2D eigenvalue weighted by Gasteiger charge is 2.06. The maximum atomic E-state index is 11.9. The summed E-state index contributed by atoms with van der Waals surface area (Å²) in [5.74, 6) is -0.213. The number of rotatable bonds is 5. The lowest BCUT2D eigenvalue weighted by Gasteiger charge is -2.04. The summed E-state index contributed by atoms with van der Waals surface area (Å²) in [6, 6.07) is 7.22. The lowest BCUT2D eigenvalue weighted by Crippen LogP contribution is -2.02. The second-order valence-corrected chi connectivity index (χ2v) is 3.66. The molecule has 0 aliphatic heterocycles. The van der Waals surface area contributed by atoms with Crippen LogP contribution in [-0.2, 0) is 0 Å². The molecular formula is C14H10F2O3. The van der Waals surface area contributed by atoms with Crippen molar-refractivity contribution in [1.29, 1.82) is 0 Å². The number of ether oxygens (including phenoxy) is 1. The van der Waals surface area contributed by atoms with Crippen LogP contribution in [-0.4, -0.2) is 12.4 Å². The number of hydrogen-bond donors (Lipinski definition) is 0. The van der Waals surface area contributed by atoms with E-state index in [-0.39, 0.29) is 11.5 Å². The minimum Gasteiger partial charge on any atom is -0.472 e. The predicted molar refractivity (Wildman–Crippen MR) is 65.1 cm³/mol. The van der Waals surface area contributed by atoms with Gasteiger partial charge in [-0.3, -0.25) is 4.79 Å². The fourth-order valence-corrected chi connectivity index (χ4v) is 1.44. The second kappa shape index (κ2) is 5.95. The van der Waals surface area contributed by atoms with Gasteiger partial charge in [0.05, 0.1) is 12.5 Å². The first-order valence-corrected chi connectivity index (χ1v) is 5.44. The van der Waals surface area contributed by atoms with Crippen molar-refractivity contribution in [2.45, 2.75) is 6.61 Å². The van der Waals surface area contributed by atoms with E-state index in [0.717, 1.165) is 5.56 Å². The van der Waals surface area contributed by atoms with Gasteiger partial charge < -0.3 is 9.15 Å². The van der Waals surface area contributed by atoms with Crippen LogP contribution in [0.5, 0.6) is 5.75 Å². The van der Waals surface area contributed by atoms with E-state index in [1.165, 1.54) is 42.9 Å². The molecule has 0 atom stereocenters. The average Bonchev–Trinajstić information content (AvgIpc) is 2.89. The van der Waals surface area contributed by atoms with Crippen LogP contribution in [0.3, 0.4) is 0 Å². The van der Waals surface area contributed by atoms with Gasteiger partial charge in [-0.25, -0.2) is 0 Å². The first kappa shape index (κ1) is 13.0. The summed E-state index contributed by atoms with van der Waals surface area (Å²) in [6.07, 6.45) is 5.99. The van der Waals surface area contributed by atoms with E-state index < -0.39 is 6.61 Å². The Hall–Kier alpha value is -2.43. The number of furan rings is 1. The van der Waals surface area contributed by atoms with Crippen LogP contribution in [0, 0.1) is 0 Å². The second-order valence-electron chi connectivity index (χ2n) is 3.66. The fraction of sp³-hybridized carbons (Fsp3) is 0.0714. The Morgan fingerprint density at radius 3 is 2.53 bits per heavy atom. The molecule has 5 heteroatoms. The Morgan fingerprint density at radius 2 is 1.95 bits per heavy atom. The number of ketones is 1. The van der Waals surface area contributed by atoms with Crippen LogP contribution in [0.4, 0.5) is 8.78 Å². The molecule has 98 valence electrons. The van der Waals surface area contributed by atoms with Crippen LogP contribution >= 0.6 is 0 Å². The fourth-order valence-electron chi connectivity index (χ4n) is 1.44. The summed E-state index contributed by atoms with van der Waals surface area (Å²) in [5.41, 5.74) is 1.16. The minimum absolute atomic E-state index is 0.0189.